The van der Waals surface area contributed by atoms with E-state index >= 15 is 0 Å². The van der Waals surface area contributed by atoms with Gasteiger partial charge >= 0.3 is 0 Å². The minimum Gasteiger partial charge on any atom is -0.357 e. The summed E-state index contributed by atoms with van der Waals surface area (Å²) in [6, 6.07) is 8.20. The number of likely N-dealkylation sites (tertiary alicyclic amines) is 1. The van der Waals surface area contributed by atoms with Gasteiger partial charge in [-0.1, -0.05) is 12.1 Å². The van der Waals surface area contributed by atoms with Crippen molar-refractivity contribution in [3.8, 4) is 0 Å². The second-order valence-corrected chi connectivity index (χ2v) is 10.4. The van der Waals surface area contributed by atoms with Crippen molar-refractivity contribution in [2.75, 3.05) is 32.7 Å². The minimum atomic E-state index is -3.36. The number of aliphatic imine (C=N–C) groups is 1. The molecule has 30 heavy (non-hydrogen) atoms. The van der Waals surface area contributed by atoms with E-state index in [4.69, 9.17) is 4.99 Å². The first-order valence-corrected chi connectivity index (χ1v) is 12.7. The third-order valence-electron chi connectivity index (χ3n) is 5.99. The van der Waals surface area contributed by atoms with Crippen molar-refractivity contribution in [3.63, 3.8) is 0 Å². The molecule has 0 spiro atoms. The van der Waals surface area contributed by atoms with E-state index in [9.17, 15) is 8.42 Å². The highest BCUT2D eigenvalue weighted by molar-refractivity contribution is 7.89. The molecule has 7 nitrogen and oxygen atoms in total. The van der Waals surface area contributed by atoms with Crippen molar-refractivity contribution in [2.24, 2.45) is 4.99 Å². The summed E-state index contributed by atoms with van der Waals surface area (Å²) >= 11 is 0. The van der Waals surface area contributed by atoms with Crippen LogP contribution in [0, 0.1) is 0 Å². The van der Waals surface area contributed by atoms with Gasteiger partial charge in [0.25, 0.3) is 0 Å². The van der Waals surface area contributed by atoms with Gasteiger partial charge in [-0.2, -0.15) is 4.31 Å². The van der Waals surface area contributed by atoms with Crippen molar-refractivity contribution in [3.05, 3.63) is 29.8 Å². The number of nitrogens with zero attached hydrogens (tertiary/aromatic N) is 3. The fourth-order valence-electron chi connectivity index (χ4n) is 4.09. The Balaban J connectivity index is 1.58. The molecular formula is C22H37N5O2S. The van der Waals surface area contributed by atoms with Crippen LogP contribution in [0.1, 0.15) is 52.0 Å². The summed E-state index contributed by atoms with van der Waals surface area (Å²) in [6.07, 6.45) is 4.13. The molecule has 0 saturated carbocycles. The summed E-state index contributed by atoms with van der Waals surface area (Å²) in [5.74, 6) is 0.828. The molecule has 0 bridgehead atoms. The van der Waals surface area contributed by atoms with Crippen molar-refractivity contribution >= 4 is 16.0 Å². The van der Waals surface area contributed by atoms with Crippen LogP contribution in [0.4, 0.5) is 0 Å². The van der Waals surface area contributed by atoms with Crippen molar-refractivity contribution < 1.29 is 8.42 Å². The summed E-state index contributed by atoms with van der Waals surface area (Å²) < 4.78 is 26.9. The Morgan fingerprint density at radius 1 is 1.10 bits per heavy atom. The molecule has 2 saturated heterocycles. The van der Waals surface area contributed by atoms with E-state index in [1.165, 1.54) is 0 Å². The zero-order valence-corrected chi connectivity index (χ0v) is 19.4. The molecule has 2 fully saturated rings. The first kappa shape index (κ1) is 23.0. The first-order valence-electron chi connectivity index (χ1n) is 11.3. The number of piperidine rings is 1. The van der Waals surface area contributed by atoms with Gasteiger partial charge in [0.2, 0.25) is 10.0 Å². The van der Waals surface area contributed by atoms with Gasteiger partial charge in [-0.3, -0.25) is 0 Å². The van der Waals surface area contributed by atoms with Crippen LogP contribution in [0.5, 0.6) is 0 Å². The molecule has 0 unspecified atom stereocenters. The molecule has 2 N–H and O–H groups in total. The monoisotopic (exact) mass is 435 g/mol. The molecule has 0 aromatic heterocycles. The van der Waals surface area contributed by atoms with Gasteiger partial charge in [0.15, 0.2) is 5.96 Å². The average Bonchev–Trinajstić information content (AvgIpc) is 3.29. The van der Waals surface area contributed by atoms with Gasteiger partial charge in [0.05, 0.1) is 11.4 Å². The highest BCUT2D eigenvalue weighted by atomic mass is 32.2. The van der Waals surface area contributed by atoms with Crippen molar-refractivity contribution in [2.45, 2.75) is 70.0 Å². The van der Waals surface area contributed by atoms with Crippen LogP contribution in [0.3, 0.4) is 0 Å². The highest BCUT2D eigenvalue weighted by Crippen LogP contribution is 2.21. The van der Waals surface area contributed by atoms with Crippen LogP contribution >= 0.6 is 0 Å². The maximum atomic E-state index is 12.7. The number of benzene rings is 1. The molecule has 2 aliphatic heterocycles. The normalized spacial score (nSPS) is 20.1. The predicted molar refractivity (Wildman–Crippen MR) is 122 cm³/mol. The Bertz CT molecular complexity index is 793. The Morgan fingerprint density at radius 3 is 2.30 bits per heavy atom. The fraction of sp³-hybridized carbons (Fsp3) is 0.682. The SMILES string of the molecule is CCNC(=NCc1ccc(S(=O)(=O)N2CCCC2)cc1)NC1CCN(C(C)C)CC1. The summed E-state index contributed by atoms with van der Waals surface area (Å²) in [6.45, 7) is 11.4. The van der Waals surface area contributed by atoms with Crippen molar-refractivity contribution in [1.82, 2.24) is 19.8 Å². The summed E-state index contributed by atoms with van der Waals surface area (Å²) in [5, 5.41) is 6.90. The molecule has 0 atom stereocenters. The smallest absolute Gasteiger partial charge is 0.243 e. The second kappa shape index (κ2) is 10.6. The van der Waals surface area contributed by atoms with E-state index < -0.39 is 10.0 Å². The number of hydrogen-bond acceptors (Lipinski definition) is 4. The van der Waals surface area contributed by atoms with Gasteiger partial charge in [0.1, 0.15) is 0 Å². The molecular weight excluding hydrogens is 398 g/mol. The van der Waals surface area contributed by atoms with Crippen molar-refractivity contribution in [1.29, 1.82) is 0 Å². The third-order valence-corrected chi connectivity index (χ3v) is 7.90. The van der Waals surface area contributed by atoms with E-state index in [-0.39, 0.29) is 0 Å². The van der Waals surface area contributed by atoms with Crippen LogP contribution in [0.15, 0.2) is 34.2 Å². The maximum absolute atomic E-state index is 12.7. The Morgan fingerprint density at radius 2 is 1.73 bits per heavy atom. The molecule has 2 heterocycles. The Kier molecular flexibility index (Phi) is 8.13. The lowest BCUT2D eigenvalue weighted by Gasteiger charge is -2.35. The van der Waals surface area contributed by atoms with E-state index in [1.54, 1.807) is 16.4 Å². The molecule has 0 amide bonds. The lowest BCUT2D eigenvalue weighted by Crippen LogP contribution is -2.49. The zero-order valence-electron chi connectivity index (χ0n) is 18.6. The highest BCUT2D eigenvalue weighted by Gasteiger charge is 2.27. The molecule has 168 valence electrons. The second-order valence-electron chi connectivity index (χ2n) is 8.50. The van der Waals surface area contributed by atoms with Gasteiger partial charge in [-0.25, -0.2) is 13.4 Å². The maximum Gasteiger partial charge on any atom is 0.243 e. The summed E-state index contributed by atoms with van der Waals surface area (Å²) in [4.78, 5) is 7.61. The van der Waals surface area contributed by atoms with Crippen LogP contribution in [0.2, 0.25) is 0 Å². The van der Waals surface area contributed by atoms with Crippen LogP contribution in [0.25, 0.3) is 0 Å². The standard InChI is InChI=1S/C22H37N5O2S/c1-4-23-22(25-20-11-15-26(16-12-20)18(2)3)24-17-19-7-9-21(10-8-19)30(28,29)27-13-5-6-14-27/h7-10,18,20H,4-6,11-17H2,1-3H3,(H2,23,24,25). The Labute approximate surface area is 182 Å². The van der Waals surface area contributed by atoms with Crippen LogP contribution in [-0.4, -0.2) is 68.4 Å². The third kappa shape index (κ3) is 5.95. The average molecular weight is 436 g/mol. The largest absolute Gasteiger partial charge is 0.357 e. The fourth-order valence-corrected chi connectivity index (χ4v) is 5.61. The van der Waals surface area contributed by atoms with Crippen LogP contribution in [-0.2, 0) is 16.6 Å². The van der Waals surface area contributed by atoms with Gasteiger partial charge in [-0.15, -0.1) is 0 Å². The minimum absolute atomic E-state index is 0.374. The molecule has 2 aliphatic rings. The quantitative estimate of drug-likeness (QED) is 0.508. The lowest BCUT2D eigenvalue weighted by atomic mass is 10.0. The van der Waals surface area contributed by atoms with Crippen LogP contribution < -0.4 is 10.6 Å². The van der Waals surface area contributed by atoms with E-state index in [1.807, 2.05) is 12.1 Å². The molecule has 0 aliphatic carbocycles. The number of nitrogens with one attached hydrogen (secondary N) is 2. The van der Waals surface area contributed by atoms with Gasteiger partial charge < -0.3 is 15.5 Å². The molecule has 1 aromatic rings. The summed E-state index contributed by atoms with van der Waals surface area (Å²) in [7, 11) is -3.36. The molecule has 3 rings (SSSR count). The molecule has 0 radical (unpaired) electrons. The van der Waals surface area contributed by atoms with E-state index in [0.29, 0.717) is 36.6 Å². The van der Waals surface area contributed by atoms with Gasteiger partial charge in [0, 0.05) is 44.8 Å². The first-order chi connectivity index (χ1) is 14.4. The number of sulfonamides is 1. The van der Waals surface area contributed by atoms with E-state index in [0.717, 1.165) is 56.8 Å². The van der Waals surface area contributed by atoms with Gasteiger partial charge in [-0.05, 0) is 64.2 Å². The number of guanidine groups is 1. The molecule has 8 heteroatoms. The Hall–Kier alpha value is -1.64. The lowest BCUT2D eigenvalue weighted by molar-refractivity contribution is 0.167. The topological polar surface area (TPSA) is 77.0 Å². The summed E-state index contributed by atoms with van der Waals surface area (Å²) in [5.41, 5.74) is 1.00. The number of hydrogen-bond donors (Lipinski definition) is 2. The molecule has 1 aromatic carbocycles. The number of rotatable bonds is 7. The predicted octanol–water partition coefficient (Wildman–Crippen LogP) is 2.40. The zero-order chi connectivity index (χ0) is 21.6. The van der Waals surface area contributed by atoms with E-state index in [2.05, 4.69) is 36.3 Å².